The maximum atomic E-state index is 12.2. The van der Waals surface area contributed by atoms with E-state index >= 15 is 0 Å². The van der Waals surface area contributed by atoms with Crippen molar-refractivity contribution in [3.63, 3.8) is 0 Å². The van der Waals surface area contributed by atoms with Gasteiger partial charge in [0, 0.05) is 19.6 Å². The summed E-state index contributed by atoms with van der Waals surface area (Å²) in [5.41, 5.74) is 5.25. The van der Waals surface area contributed by atoms with Crippen molar-refractivity contribution < 1.29 is 14.3 Å². The van der Waals surface area contributed by atoms with Gasteiger partial charge in [0.2, 0.25) is 11.8 Å². The summed E-state index contributed by atoms with van der Waals surface area (Å²) in [6.45, 7) is 3.70. The van der Waals surface area contributed by atoms with Gasteiger partial charge in [-0.15, -0.1) is 0 Å². The highest BCUT2D eigenvalue weighted by Gasteiger charge is 2.26. The molecule has 0 aromatic rings. The van der Waals surface area contributed by atoms with Crippen LogP contribution in [-0.4, -0.2) is 55.6 Å². The summed E-state index contributed by atoms with van der Waals surface area (Å²) in [7, 11) is 1.63. The maximum absolute atomic E-state index is 12.2. The molecule has 0 aromatic heterocycles. The van der Waals surface area contributed by atoms with Crippen molar-refractivity contribution in [1.82, 2.24) is 10.2 Å². The Morgan fingerprint density at radius 2 is 2.05 bits per heavy atom. The zero-order valence-electron chi connectivity index (χ0n) is 11.9. The fourth-order valence-electron chi connectivity index (χ4n) is 2.30. The minimum absolute atomic E-state index is 0.00500. The topological polar surface area (TPSA) is 84.7 Å². The summed E-state index contributed by atoms with van der Waals surface area (Å²) in [6.07, 6.45) is 2.85. The normalized spacial score (nSPS) is 18.0. The molecule has 6 nitrogen and oxygen atoms in total. The lowest BCUT2D eigenvalue weighted by Gasteiger charge is -2.34. The van der Waals surface area contributed by atoms with E-state index in [1.54, 1.807) is 12.0 Å². The van der Waals surface area contributed by atoms with Gasteiger partial charge in [-0.3, -0.25) is 9.59 Å². The first-order valence-electron chi connectivity index (χ1n) is 6.86. The van der Waals surface area contributed by atoms with Gasteiger partial charge in [-0.05, 0) is 39.3 Å². The van der Waals surface area contributed by atoms with E-state index in [9.17, 15) is 9.59 Å². The standard InChI is InChI=1S/C13H25N3O3/c1-10(19-2)3-4-13(18)16(9-12(14)17)11-5-7-15-8-6-11/h10-11,15H,3-9H2,1-2H3,(H2,14,17). The average molecular weight is 271 g/mol. The third-order valence-corrected chi connectivity index (χ3v) is 3.56. The lowest BCUT2D eigenvalue weighted by atomic mass is 10.0. The second-order valence-corrected chi connectivity index (χ2v) is 5.05. The van der Waals surface area contributed by atoms with Crippen molar-refractivity contribution in [2.24, 2.45) is 5.73 Å². The van der Waals surface area contributed by atoms with Gasteiger partial charge < -0.3 is 20.7 Å². The smallest absolute Gasteiger partial charge is 0.237 e. The molecular weight excluding hydrogens is 246 g/mol. The van der Waals surface area contributed by atoms with Gasteiger partial charge in [0.25, 0.3) is 0 Å². The summed E-state index contributed by atoms with van der Waals surface area (Å²) < 4.78 is 5.13. The molecule has 0 radical (unpaired) electrons. The lowest BCUT2D eigenvalue weighted by Crippen LogP contribution is -2.49. The number of nitrogens with two attached hydrogens (primary N) is 1. The third kappa shape index (κ3) is 5.57. The molecule has 1 heterocycles. The number of methoxy groups -OCH3 is 1. The molecule has 0 aliphatic carbocycles. The molecule has 1 atom stereocenters. The lowest BCUT2D eigenvalue weighted by molar-refractivity contribution is -0.138. The number of piperidine rings is 1. The van der Waals surface area contributed by atoms with Crippen LogP contribution in [0.15, 0.2) is 0 Å². The van der Waals surface area contributed by atoms with Crippen LogP contribution in [0.25, 0.3) is 0 Å². The van der Waals surface area contributed by atoms with E-state index in [0.29, 0.717) is 12.8 Å². The summed E-state index contributed by atoms with van der Waals surface area (Å²) in [4.78, 5) is 25.0. The molecule has 0 bridgehead atoms. The van der Waals surface area contributed by atoms with Gasteiger partial charge in [-0.1, -0.05) is 0 Å². The largest absolute Gasteiger partial charge is 0.382 e. The fraction of sp³-hybridized carbons (Fsp3) is 0.846. The number of hydrogen-bond donors (Lipinski definition) is 2. The Hall–Kier alpha value is -1.14. The molecule has 6 heteroatoms. The first-order valence-corrected chi connectivity index (χ1v) is 6.86. The summed E-state index contributed by atoms with van der Waals surface area (Å²) in [5.74, 6) is -0.457. The number of carbonyl (C=O) groups excluding carboxylic acids is 2. The van der Waals surface area contributed by atoms with Crippen molar-refractivity contribution in [3.05, 3.63) is 0 Å². The zero-order chi connectivity index (χ0) is 14.3. The summed E-state index contributed by atoms with van der Waals surface area (Å²) in [6, 6.07) is 0.124. The van der Waals surface area contributed by atoms with Crippen LogP contribution in [0.5, 0.6) is 0 Å². The van der Waals surface area contributed by atoms with E-state index in [1.165, 1.54) is 0 Å². The number of carbonyl (C=O) groups is 2. The van der Waals surface area contributed by atoms with Crippen molar-refractivity contribution in [1.29, 1.82) is 0 Å². The Morgan fingerprint density at radius 3 is 2.58 bits per heavy atom. The first kappa shape index (κ1) is 15.9. The highest BCUT2D eigenvalue weighted by molar-refractivity contribution is 5.84. The Morgan fingerprint density at radius 1 is 1.42 bits per heavy atom. The average Bonchev–Trinajstić information content (AvgIpc) is 2.42. The van der Waals surface area contributed by atoms with Gasteiger partial charge >= 0.3 is 0 Å². The highest BCUT2D eigenvalue weighted by atomic mass is 16.5. The van der Waals surface area contributed by atoms with Gasteiger partial charge in [0.15, 0.2) is 0 Å². The molecule has 1 rings (SSSR count). The van der Waals surface area contributed by atoms with E-state index < -0.39 is 5.91 Å². The number of nitrogens with zero attached hydrogens (tertiary/aromatic N) is 1. The molecule has 1 unspecified atom stereocenters. The summed E-state index contributed by atoms with van der Waals surface area (Å²) in [5, 5.41) is 3.25. The van der Waals surface area contributed by atoms with E-state index in [2.05, 4.69) is 5.32 Å². The van der Waals surface area contributed by atoms with Crippen LogP contribution < -0.4 is 11.1 Å². The molecular formula is C13H25N3O3. The van der Waals surface area contributed by atoms with Crippen LogP contribution in [0.1, 0.15) is 32.6 Å². The van der Waals surface area contributed by atoms with Gasteiger partial charge in [-0.2, -0.15) is 0 Å². The van der Waals surface area contributed by atoms with Gasteiger partial charge in [-0.25, -0.2) is 0 Å². The predicted octanol–water partition coefficient (Wildman–Crippen LogP) is -0.133. The number of primary amides is 1. The molecule has 1 aliphatic rings. The van der Waals surface area contributed by atoms with Crippen LogP contribution in [0.2, 0.25) is 0 Å². The number of rotatable bonds is 7. The molecule has 0 aromatic carbocycles. The predicted molar refractivity (Wildman–Crippen MR) is 72.5 cm³/mol. The minimum atomic E-state index is -0.452. The molecule has 110 valence electrons. The molecule has 1 saturated heterocycles. The minimum Gasteiger partial charge on any atom is -0.382 e. The van der Waals surface area contributed by atoms with E-state index in [0.717, 1.165) is 25.9 Å². The Labute approximate surface area is 114 Å². The maximum Gasteiger partial charge on any atom is 0.237 e. The van der Waals surface area contributed by atoms with Crippen molar-refractivity contribution in [2.45, 2.75) is 44.8 Å². The van der Waals surface area contributed by atoms with Crippen LogP contribution in [0, 0.1) is 0 Å². The quantitative estimate of drug-likeness (QED) is 0.675. The number of amides is 2. The SMILES string of the molecule is COC(C)CCC(=O)N(CC(N)=O)C1CCNCC1. The van der Waals surface area contributed by atoms with Crippen LogP contribution in [0.4, 0.5) is 0 Å². The molecule has 19 heavy (non-hydrogen) atoms. The number of hydrogen-bond acceptors (Lipinski definition) is 4. The van der Waals surface area contributed by atoms with Crippen molar-refractivity contribution in [3.8, 4) is 0 Å². The van der Waals surface area contributed by atoms with E-state index in [-0.39, 0.29) is 24.6 Å². The van der Waals surface area contributed by atoms with E-state index in [1.807, 2.05) is 6.92 Å². The monoisotopic (exact) mass is 271 g/mol. The van der Waals surface area contributed by atoms with Crippen LogP contribution in [-0.2, 0) is 14.3 Å². The van der Waals surface area contributed by atoms with Crippen molar-refractivity contribution in [2.75, 3.05) is 26.7 Å². The van der Waals surface area contributed by atoms with E-state index in [4.69, 9.17) is 10.5 Å². The van der Waals surface area contributed by atoms with Crippen LogP contribution >= 0.6 is 0 Å². The Bertz CT molecular complexity index is 304. The van der Waals surface area contributed by atoms with Gasteiger partial charge in [0.05, 0.1) is 12.6 Å². The van der Waals surface area contributed by atoms with Crippen molar-refractivity contribution >= 4 is 11.8 Å². The number of ether oxygens (including phenoxy) is 1. The number of nitrogens with one attached hydrogen (secondary N) is 1. The Balaban J connectivity index is 2.56. The second-order valence-electron chi connectivity index (χ2n) is 5.05. The molecule has 0 saturated carbocycles. The first-order chi connectivity index (χ1) is 9.04. The summed E-state index contributed by atoms with van der Waals surface area (Å²) >= 11 is 0. The second kappa shape index (κ2) is 8.12. The molecule has 0 spiro atoms. The molecule has 1 fully saturated rings. The molecule has 2 amide bonds. The van der Waals surface area contributed by atoms with Crippen LogP contribution in [0.3, 0.4) is 0 Å². The Kier molecular flexibility index (Phi) is 6.80. The fourth-order valence-corrected chi connectivity index (χ4v) is 2.30. The third-order valence-electron chi connectivity index (χ3n) is 3.56. The molecule has 3 N–H and O–H groups in total. The van der Waals surface area contributed by atoms with Gasteiger partial charge in [0.1, 0.15) is 0 Å². The highest BCUT2D eigenvalue weighted by Crippen LogP contribution is 2.14. The molecule has 1 aliphatic heterocycles. The zero-order valence-corrected chi connectivity index (χ0v) is 11.9.